The zero-order valence-electron chi connectivity index (χ0n) is 20.5. The smallest absolute Gasteiger partial charge is 0.416 e. The van der Waals surface area contributed by atoms with Crippen molar-refractivity contribution < 1.29 is 32.2 Å². The second-order valence-electron chi connectivity index (χ2n) is 9.96. The van der Waals surface area contributed by atoms with Gasteiger partial charge in [0.15, 0.2) is 0 Å². The van der Waals surface area contributed by atoms with Crippen LogP contribution in [0.3, 0.4) is 0 Å². The molecule has 0 unspecified atom stereocenters. The van der Waals surface area contributed by atoms with Crippen LogP contribution in [0.15, 0.2) is 23.6 Å². The van der Waals surface area contributed by atoms with E-state index in [1.807, 2.05) is 4.90 Å². The standard InChI is InChI=1S/C25H30F3N3O4S/c1-24(2,3)35-23(33)31-5-4-19-20(15-36-21(19)14-31)22(32)29-18-11-16(10-17(12-18)25(26,27)28)13-30-6-8-34-9-7-30/h10-12,15H,4-9,13-14H2,1-3H3,(H,29,32). The summed E-state index contributed by atoms with van der Waals surface area (Å²) in [7, 11) is 0. The number of ether oxygens (including phenoxy) is 2. The maximum absolute atomic E-state index is 13.6. The van der Waals surface area contributed by atoms with Gasteiger partial charge in [0.2, 0.25) is 0 Å². The Labute approximate surface area is 212 Å². The normalized spacial score (nSPS) is 17.0. The van der Waals surface area contributed by atoms with Gasteiger partial charge in [-0.2, -0.15) is 13.2 Å². The first-order valence-corrected chi connectivity index (χ1v) is 12.7. The SMILES string of the molecule is CC(C)(C)OC(=O)N1CCc2c(C(=O)Nc3cc(CN4CCOCC4)cc(C(F)(F)F)c3)csc2C1. The lowest BCUT2D eigenvalue weighted by molar-refractivity contribution is -0.137. The Morgan fingerprint density at radius 2 is 1.83 bits per heavy atom. The van der Waals surface area contributed by atoms with Crippen molar-refractivity contribution in [3.8, 4) is 0 Å². The maximum Gasteiger partial charge on any atom is 0.416 e. The number of fused-ring (bicyclic) bond motifs is 1. The molecule has 2 aliphatic heterocycles. The molecule has 0 bridgehead atoms. The second kappa shape index (κ2) is 10.4. The molecule has 0 radical (unpaired) electrons. The van der Waals surface area contributed by atoms with Crippen molar-refractivity contribution in [3.63, 3.8) is 0 Å². The van der Waals surface area contributed by atoms with Gasteiger partial charge in [-0.25, -0.2) is 4.79 Å². The highest BCUT2D eigenvalue weighted by Crippen LogP contribution is 2.34. The summed E-state index contributed by atoms with van der Waals surface area (Å²) < 4.78 is 51.5. The van der Waals surface area contributed by atoms with Crippen LogP contribution in [-0.2, 0) is 35.2 Å². The summed E-state index contributed by atoms with van der Waals surface area (Å²) in [5.74, 6) is -0.463. The minimum absolute atomic E-state index is 0.101. The summed E-state index contributed by atoms with van der Waals surface area (Å²) in [5.41, 5.74) is 0.406. The maximum atomic E-state index is 13.6. The molecule has 3 heterocycles. The molecule has 1 aromatic carbocycles. The van der Waals surface area contributed by atoms with E-state index >= 15 is 0 Å². The third-order valence-electron chi connectivity index (χ3n) is 5.93. The van der Waals surface area contributed by atoms with Crippen LogP contribution in [-0.4, -0.2) is 60.2 Å². The van der Waals surface area contributed by atoms with E-state index < -0.39 is 29.3 Å². The molecule has 36 heavy (non-hydrogen) atoms. The first kappa shape index (κ1) is 26.4. The van der Waals surface area contributed by atoms with Crippen LogP contribution in [0.5, 0.6) is 0 Å². The van der Waals surface area contributed by atoms with Crippen LogP contribution < -0.4 is 5.32 Å². The molecular weight excluding hydrogens is 495 g/mol. The average molecular weight is 526 g/mol. The van der Waals surface area contributed by atoms with Crippen molar-refractivity contribution in [2.24, 2.45) is 0 Å². The number of alkyl halides is 3. The summed E-state index contributed by atoms with van der Waals surface area (Å²) in [5, 5.41) is 4.36. The number of amides is 2. The molecule has 1 aromatic heterocycles. The van der Waals surface area contributed by atoms with Crippen LogP contribution in [0, 0.1) is 0 Å². The van der Waals surface area contributed by atoms with E-state index in [-0.39, 0.29) is 5.69 Å². The summed E-state index contributed by atoms with van der Waals surface area (Å²) in [4.78, 5) is 30.0. The van der Waals surface area contributed by atoms with Crippen LogP contribution in [0.4, 0.5) is 23.7 Å². The zero-order chi connectivity index (χ0) is 26.1. The monoisotopic (exact) mass is 525 g/mol. The molecule has 2 aromatic rings. The topological polar surface area (TPSA) is 71.1 Å². The van der Waals surface area contributed by atoms with Gasteiger partial charge in [0, 0.05) is 42.1 Å². The molecular formula is C25H30F3N3O4S. The fraction of sp³-hybridized carbons (Fsp3) is 0.520. The summed E-state index contributed by atoms with van der Waals surface area (Å²) in [6.45, 7) is 8.81. The van der Waals surface area contributed by atoms with Crippen LogP contribution in [0.25, 0.3) is 0 Å². The van der Waals surface area contributed by atoms with E-state index in [0.717, 1.165) is 22.6 Å². The van der Waals surface area contributed by atoms with Gasteiger partial charge in [-0.1, -0.05) is 0 Å². The van der Waals surface area contributed by atoms with Gasteiger partial charge in [0.05, 0.1) is 30.9 Å². The summed E-state index contributed by atoms with van der Waals surface area (Å²) in [6.07, 6.45) is -4.48. The number of nitrogens with one attached hydrogen (secondary N) is 1. The number of hydrogen-bond donors (Lipinski definition) is 1. The van der Waals surface area contributed by atoms with Crippen molar-refractivity contribution >= 4 is 29.0 Å². The third kappa shape index (κ3) is 6.57. The van der Waals surface area contributed by atoms with Crippen LogP contribution in [0.2, 0.25) is 0 Å². The third-order valence-corrected chi connectivity index (χ3v) is 6.94. The predicted octanol–water partition coefficient (Wildman–Crippen LogP) is 5.14. The van der Waals surface area contributed by atoms with Gasteiger partial charge in [-0.05, 0) is 56.5 Å². The van der Waals surface area contributed by atoms with E-state index in [2.05, 4.69) is 5.32 Å². The number of carbonyl (C=O) groups is 2. The molecule has 4 rings (SSSR count). The first-order valence-electron chi connectivity index (χ1n) is 11.8. The molecule has 2 aliphatic rings. The molecule has 11 heteroatoms. The lowest BCUT2D eigenvalue weighted by atomic mass is 10.0. The molecule has 196 valence electrons. The number of rotatable bonds is 4. The van der Waals surface area contributed by atoms with Crippen molar-refractivity contribution in [1.82, 2.24) is 9.80 Å². The van der Waals surface area contributed by atoms with E-state index in [9.17, 15) is 22.8 Å². The van der Waals surface area contributed by atoms with Gasteiger partial charge in [0.1, 0.15) is 5.60 Å². The highest BCUT2D eigenvalue weighted by molar-refractivity contribution is 7.10. The van der Waals surface area contributed by atoms with Crippen molar-refractivity contribution in [2.45, 2.75) is 52.1 Å². The van der Waals surface area contributed by atoms with Gasteiger partial charge < -0.3 is 19.7 Å². The van der Waals surface area contributed by atoms with E-state index in [0.29, 0.717) is 63.5 Å². The molecule has 7 nitrogen and oxygen atoms in total. The average Bonchev–Trinajstić information content (AvgIpc) is 3.21. The molecule has 0 saturated carbocycles. The van der Waals surface area contributed by atoms with Crippen LogP contribution >= 0.6 is 11.3 Å². The first-order chi connectivity index (χ1) is 16.9. The Morgan fingerprint density at radius 1 is 1.11 bits per heavy atom. The Morgan fingerprint density at radius 3 is 2.50 bits per heavy atom. The van der Waals surface area contributed by atoms with E-state index in [4.69, 9.17) is 9.47 Å². The fourth-order valence-corrected chi connectivity index (χ4v) is 5.33. The number of benzene rings is 1. The Hall–Kier alpha value is -2.63. The summed E-state index contributed by atoms with van der Waals surface area (Å²) >= 11 is 1.36. The summed E-state index contributed by atoms with van der Waals surface area (Å²) in [6, 6.07) is 3.68. The number of carbonyl (C=O) groups excluding carboxylic acids is 2. The Kier molecular flexibility index (Phi) is 7.63. The quantitative estimate of drug-likeness (QED) is 0.598. The van der Waals surface area contributed by atoms with Crippen LogP contribution in [0.1, 0.15) is 52.7 Å². The molecule has 1 fully saturated rings. The van der Waals surface area contributed by atoms with Crippen molar-refractivity contribution in [2.75, 3.05) is 38.2 Å². The minimum atomic E-state index is -4.53. The fourth-order valence-electron chi connectivity index (χ4n) is 4.24. The molecule has 0 atom stereocenters. The zero-order valence-corrected chi connectivity index (χ0v) is 21.4. The minimum Gasteiger partial charge on any atom is -0.444 e. The molecule has 1 N–H and O–H groups in total. The number of halogens is 3. The number of hydrogen-bond acceptors (Lipinski definition) is 6. The highest BCUT2D eigenvalue weighted by atomic mass is 32.1. The second-order valence-corrected chi connectivity index (χ2v) is 10.9. The number of anilines is 1. The Balaban J connectivity index is 1.50. The van der Waals surface area contributed by atoms with Gasteiger partial charge in [-0.15, -0.1) is 11.3 Å². The number of nitrogens with zero attached hydrogens (tertiary/aromatic N) is 2. The van der Waals surface area contributed by atoms with E-state index in [1.54, 1.807) is 37.1 Å². The van der Waals surface area contributed by atoms with Crippen molar-refractivity contribution in [3.05, 3.63) is 50.7 Å². The lowest BCUT2D eigenvalue weighted by Crippen LogP contribution is -2.39. The Bertz CT molecular complexity index is 1120. The van der Waals surface area contributed by atoms with E-state index in [1.165, 1.54) is 11.3 Å². The molecule has 0 spiro atoms. The highest BCUT2D eigenvalue weighted by Gasteiger charge is 2.32. The predicted molar refractivity (Wildman–Crippen MR) is 130 cm³/mol. The van der Waals surface area contributed by atoms with Gasteiger partial charge >= 0.3 is 12.3 Å². The molecule has 2 amide bonds. The number of morpholine rings is 1. The largest absolute Gasteiger partial charge is 0.444 e. The molecule has 1 saturated heterocycles. The van der Waals surface area contributed by atoms with Crippen molar-refractivity contribution in [1.29, 1.82) is 0 Å². The van der Waals surface area contributed by atoms with Gasteiger partial charge in [-0.3, -0.25) is 9.69 Å². The lowest BCUT2D eigenvalue weighted by Gasteiger charge is -2.30. The van der Waals surface area contributed by atoms with Gasteiger partial charge in [0.25, 0.3) is 5.91 Å². The number of thiophene rings is 1. The molecule has 0 aliphatic carbocycles.